The van der Waals surface area contributed by atoms with Gasteiger partial charge in [0.2, 0.25) is 0 Å². The molecule has 0 amide bonds. The van der Waals surface area contributed by atoms with Gasteiger partial charge < -0.3 is 9.30 Å². The summed E-state index contributed by atoms with van der Waals surface area (Å²) in [7, 11) is 1.73. The fourth-order valence-electron chi connectivity index (χ4n) is 2.31. The number of fused-ring (bicyclic) bond motifs is 1. The fourth-order valence-corrected chi connectivity index (χ4v) is 2.50. The van der Waals surface area contributed by atoms with Gasteiger partial charge in [-0.2, -0.15) is 0 Å². The van der Waals surface area contributed by atoms with E-state index in [9.17, 15) is 0 Å². The summed E-state index contributed by atoms with van der Waals surface area (Å²) in [5.74, 6) is 1.37. The van der Waals surface area contributed by atoms with Gasteiger partial charge in [0.05, 0.1) is 16.9 Å². The predicted molar refractivity (Wildman–Crippen MR) is 75.2 cm³/mol. The van der Waals surface area contributed by atoms with Crippen molar-refractivity contribution in [2.45, 2.75) is 32.2 Å². The number of ether oxygens (including phenoxy) is 1. The molecule has 1 aromatic carbocycles. The van der Waals surface area contributed by atoms with Gasteiger partial charge in [0.25, 0.3) is 0 Å². The lowest BCUT2D eigenvalue weighted by Gasteiger charge is -2.16. The second kappa shape index (κ2) is 5.72. The molecule has 1 aromatic heterocycles. The van der Waals surface area contributed by atoms with Crippen LogP contribution in [0.15, 0.2) is 18.2 Å². The molecule has 0 aliphatic heterocycles. The number of rotatable bonds is 5. The Morgan fingerprint density at radius 1 is 1.44 bits per heavy atom. The van der Waals surface area contributed by atoms with Gasteiger partial charge >= 0.3 is 0 Å². The van der Waals surface area contributed by atoms with Crippen LogP contribution in [-0.2, 0) is 10.6 Å². The van der Waals surface area contributed by atoms with Crippen molar-refractivity contribution in [3.8, 4) is 0 Å². The highest BCUT2D eigenvalue weighted by Crippen LogP contribution is 2.26. The van der Waals surface area contributed by atoms with E-state index in [0.29, 0.717) is 11.9 Å². The molecule has 0 radical (unpaired) electrons. The molecule has 0 bridgehead atoms. The van der Waals surface area contributed by atoms with Crippen LogP contribution in [0.4, 0.5) is 0 Å². The van der Waals surface area contributed by atoms with Gasteiger partial charge in [0, 0.05) is 19.8 Å². The zero-order valence-corrected chi connectivity index (χ0v) is 11.9. The van der Waals surface area contributed by atoms with Crippen LogP contribution in [0.5, 0.6) is 0 Å². The van der Waals surface area contributed by atoms with E-state index >= 15 is 0 Å². The van der Waals surface area contributed by atoms with Crippen LogP contribution in [0.1, 0.15) is 30.8 Å². The Morgan fingerprint density at radius 2 is 2.22 bits per heavy atom. The van der Waals surface area contributed by atoms with Crippen LogP contribution < -0.4 is 0 Å². The monoisotopic (exact) mass is 266 g/mol. The normalized spacial score (nSPS) is 13.1. The first kappa shape index (κ1) is 13.4. The van der Waals surface area contributed by atoms with Gasteiger partial charge in [-0.3, -0.25) is 0 Å². The molecular formula is C14H19ClN2O. The summed E-state index contributed by atoms with van der Waals surface area (Å²) >= 11 is 6.02. The van der Waals surface area contributed by atoms with Gasteiger partial charge in [-0.1, -0.05) is 12.1 Å². The summed E-state index contributed by atoms with van der Waals surface area (Å²) in [4.78, 5) is 4.65. The van der Waals surface area contributed by atoms with E-state index in [1.54, 1.807) is 7.11 Å². The molecule has 0 N–H and O–H groups in total. The Kier molecular flexibility index (Phi) is 4.25. The Bertz CT molecular complexity index is 536. The standard InChI is InChI=1S/C14H19ClN2O/c1-10-5-4-6-12-14(10)16-13(9-15)17(12)11(2)7-8-18-3/h4-6,11H,7-9H2,1-3H3. The predicted octanol–water partition coefficient (Wildman–Crippen LogP) is 3.68. The Hall–Kier alpha value is -1.06. The maximum atomic E-state index is 6.02. The minimum atomic E-state index is 0.338. The Balaban J connectivity index is 2.50. The molecule has 0 saturated heterocycles. The minimum absolute atomic E-state index is 0.338. The molecule has 98 valence electrons. The Morgan fingerprint density at radius 3 is 2.89 bits per heavy atom. The first-order valence-corrected chi connectivity index (χ1v) is 6.73. The number of methoxy groups -OCH3 is 1. The molecular weight excluding hydrogens is 248 g/mol. The van der Waals surface area contributed by atoms with E-state index in [1.165, 1.54) is 5.56 Å². The highest BCUT2D eigenvalue weighted by atomic mass is 35.5. The number of benzene rings is 1. The van der Waals surface area contributed by atoms with E-state index in [4.69, 9.17) is 16.3 Å². The van der Waals surface area contributed by atoms with Crippen molar-refractivity contribution in [3.63, 3.8) is 0 Å². The van der Waals surface area contributed by atoms with Gasteiger partial charge in [0.1, 0.15) is 5.82 Å². The molecule has 0 aliphatic rings. The van der Waals surface area contributed by atoms with Crippen LogP contribution >= 0.6 is 11.6 Å². The molecule has 0 spiro atoms. The van der Waals surface area contributed by atoms with Gasteiger partial charge in [-0.05, 0) is 31.9 Å². The first-order valence-electron chi connectivity index (χ1n) is 6.20. The molecule has 2 rings (SSSR count). The summed E-state index contributed by atoms with van der Waals surface area (Å²) in [6, 6.07) is 6.59. The van der Waals surface area contributed by atoms with Crippen LogP contribution in [-0.4, -0.2) is 23.3 Å². The molecule has 1 unspecified atom stereocenters. The fraction of sp³-hybridized carbons (Fsp3) is 0.500. The number of aryl methyl sites for hydroxylation is 1. The smallest absolute Gasteiger partial charge is 0.125 e. The number of hydrogen-bond acceptors (Lipinski definition) is 2. The van der Waals surface area contributed by atoms with Crippen molar-refractivity contribution in [1.29, 1.82) is 0 Å². The van der Waals surface area contributed by atoms with Crippen LogP contribution in [0.3, 0.4) is 0 Å². The maximum absolute atomic E-state index is 6.02. The van der Waals surface area contributed by atoms with Crippen molar-refractivity contribution in [2.75, 3.05) is 13.7 Å². The lowest BCUT2D eigenvalue weighted by molar-refractivity contribution is 0.181. The van der Waals surface area contributed by atoms with E-state index in [1.807, 2.05) is 0 Å². The van der Waals surface area contributed by atoms with E-state index in [0.717, 1.165) is 29.9 Å². The quantitative estimate of drug-likeness (QED) is 0.772. The van der Waals surface area contributed by atoms with Crippen molar-refractivity contribution < 1.29 is 4.74 Å². The average Bonchev–Trinajstić information content (AvgIpc) is 2.76. The number of hydrogen-bond donors (Lipinski definition) is 0. The average molecular weight is 267 g/mol. The summed E-state index contributed by atoms with van der Waals surface area (Å²) in [5.41, 5.74) is 3.41. The number of aromatic nitrogens is 2. The highest BCUT2D eigenvalue weighted by Gasteiger charge is 2.15. The van der Waals surface area contributed by atoms with Crippen LogP contribution in [0.2, 0.25) is 0 Å². The molecule has 0 fully saturated rings. The summed E-state index contributed by atoms with van der Waals surface area (Å²) in [5, 5.41) is 0. The molecule has 18 heavy (non-hydrogen) atoms. The third-order valence-electron chi connectivity index (χ3n) is 3.29. The summed E-state index contributed by atoms with van der Waals surface area (Å²) in [6.07, 6.45) is 0.958. The number of imidazole rings is 1. The molecule has 3 nitrogen and oxygen atoms in total. The highest BCUT2D eigenvalue weighted by molar-refractivity contribution is 6.16. The lowest BCUT2D eigenvalue weighted by atomic mass is 10.2. The number of halogens is 1. The topological polar surface area (TPSA) is 27.1 Å². The van der Waals surface area contributed by atoms with Crippen LogP contribution in [0.25, 0.3) is 11.0 Å². The number of para-hydroxylation sites is 1. The van der Waals surface area contributed by atoms with Crippen molar-refractivity contribution in [2.24, 2.45) is 0 Å². The molecule has 0 saturated carbocycles. The summed E-state index contributed by atoms with van der Waals surface area (Å²) in [6.45, 7) is 5.00. The Labute approximate surface area is 113 Å². The second-order valence-electron chi connectivity index (χ2n) is 4.60. The van der Waals surface area contributed by atoms with E-state index < -0.39 is 0 Å². The second-order valence-corrected chi connectivity index (χ2v) is 4.87. The van der Waals surface area contributed by atoms with Gasteiger partial charge in [0.15, 0.2) is 0 Å². The largest absolute Gasteiger partial charge is 0.385 e. The zero-order chi connectivity index (χ0) is 13.1. The molecule has 2 aromatic rings. The third-order valence-corrected chi connectivity index (χ3v) is 3.53. The number of alkyl halides is 1. The molecule has 0 aliphatic carbocycles. The van der Waals surface area contributed by atoms with E-state index in [-0.39, 0.29) is 0 Å². The van der Waals surface area contributed by atoms with Crippen molar-refractivity contribution >= 4 is 22.6 Å². The summed E-state index contributed by atoms with van der Waals surface area (Å²) < 4.78 is 7.38. The lowest BCUT2D eigenvalue weighted by Crippen LogP contribution is -2.10. The van der Waals surface area contributed by atoms with Gasteiger partial charge in [-0.15, -0.1) is 11.6 Å². The number of nitrogens with zero attached hydrogens (tertiary/aromatic N) is 2. The molecule has 1 atom stereocenters. The first-order chi connectivity index (χ1) is 8.69. The SMILES string of the molecule is COCCC(C)n1c(CCl)nc2c(C)cccc21. The third kappa shape index (κ3) is 2.38. The maximum Gasteiger partial charge on any atom is 0.125 e. The van der Waals surface area contributed by atoms with Crippen LogP contribution in [0, 0.1) is 6.92 Å². The molecule has 4 heteroatoms. The molecule has 1 heterocycles. The minimum Gasteiger partial charge on any atom is -0.385 e. The zero-order valence-electron chi connectivity index (χ0n) is 11.1. The van der Waals surface area contributed by atoms with E-state index in [2.05, 4.69) is 41.6 Å². The van der Waals surface area contributed by atoms with Gasteiger partial charge in [-0.25, -0.2) is 4.98 Å². The van der Waals surface area contributed by atoms with Crippen molar-refractivity contribution in [3.05, 3.63) is 29.6 Å². The van der Waals surface area contributed by atoms with Crippen molar-refractivity contribution in [1.82, 2.24) is 9.55 Å².